The number of rotatable bonds is 5. The summed E-state index contributed by atoms with van der Waals surface area (Å²) in [5, 5.41) is 3.35. The molecule has 2 aromatic rings. The quantitative estimate of drug-likeness (QED) is 0.663. The third kappa shape index (κ3) is 4.28. The number of ether oxygens (including phenoxy) is 1. The van der Waals surface area contributed by atoms with E-state index in [0.717, 1.165) is 21.1 Å². The smallest absolute Gasteiger partial charge is 0.165 e. The molecule has 0 aliphatic rings. The predicted octanol–water partition coefficient (Wildman–Crippen LogP) is 5.81. The molecule has 0 heterocycles. The van der Waals surface area contributed by atoms with Gasteiger partial charge in [0.25, 0.3) is 0 Å². The van der Waals surface area contributed by atoms with Crippen LogP contribution in [0.5, 0.6) is 11.5 Å². The van der Waals surface area contributed by atoms with Crippen LogP contribution in [0.25, 0.3) is 0 Å². The molecular formula is C16H16Br2FNO. The normalized spacial score (nSPS) is 12.2. The standard InChI is InChI=1S/C16H16Br2FNO/c1-3-20-10(2)11-4-7-15(13(18)8-11)21-16-9-12(17)5-6-14(16)19/h4-10,20H,3H2,1-2H3. The van der Waals surface area contributed by atoms with Crippen LogP contribution >= 0.6 is 31.9 Å². The van der Waals surface area contributed by atoms with E-state index in [9.17, 15) is 4.39 Å². The van der Waals surface area contributed by atoms with Crippen molar-refractivity contribution in [2.45, 2.75) is 19.9 Å². The molecule has 2 rings (SSSR count). The van der Waals surface area contributed by atoms with Gasteiger partial charge in [0.1, 0.15) is 5.75 Å². The fourth-order valence-corrected chi connectivity index (χ4v) is 2.78. The van der Waals surface area contributed by atoms with Crippen molar-refractivity contribution >= 4 is 31.9 Å². The van der Waals surface area contributed by atoms with Crippen molar-refractivity contribution in [3.8, 4) is 11.5 Å². The Morgan fingerprint density at radius 1 is 1.14 bits per heavy atom. The average molecular weight is 417 g/mol. The van der Waals surface area contributed by atoms with Crippen molar-refractivity contribution in [3.63, 3.8) is 0 Å². The van der Waals surface area contributed by atoms with Gasteiger partial charge in [0.15, 0.2) is 11.6 Å². The zero-order valence-corrected chi connectivity index (χ0v) is 15.0. The van der Waals surface area contributed by atoms with Crippen LogP contribution in [0.1, 0.15) is 25.5 Å². The molecule has 0 amide bonds. The zero-order chi connectivity index (χ0) is 15.4. The minimum atomic E-state index is -0.393. The highest BCUT2D eigenvalue weighted by molar-refractivity contribution is 9.10. The van der Waals surface area contributed by atoms with E-state index >= 15 is 0 Å². The van der Waals surface area contributed by atoms with Gasteiger partial charge in [-0.3, -0.25) is 0 Å². The highest BCUT2D eigenvalue weighted by Crippen LogP contribution is 2.34. The SMILES string of the molecule is CCNC(C)c1ccc(Oc2cc(Br)ccc2F)c(Br)c1. The van der Waals surface area contributed by atoms with Crippen LogP contribution < -0.4 is 10.1 Å². The molecule has 0 aromatic heterocycles. The van der Waals surface area contributed by atoms with Gasteiger partial charge in [-0.05, 0) is 65.3 Å². The van der Waals surface area contributed by atoms with E-state index in [0.29, 0.717) is 5.75 Å². The van der Waals surface area contributed by atoms with Gasteiger partial charge in [0.2, 0.25) is 0 Å². The highest BCUT2D eigenvalue weighted by Gasteiger charge is 2.11. The fourth-order valence-electron chi connectivity index (χ4n) is 1.97. The maximum Gasteiger partial charge on any atom is 0.165 e. The van der Waals surface area contributed by atoms with Crippen LogP contribution in [0, 0.1) is 5.82 Å². The number of hydrogen-bond donors (Lipinski definition) is 1. The molecule has 5 heteroatoms. The summed E-state index contributed by atoms with van der Waals surface area (Å²) in [5.74, 6) is 0.382. The molecule has 1 N–H and O–H groups in total. The molecule has 0 spiro atoms. The monoisotopic (exact) mass is 415 g/mol. The highest BCUT2D eigenvalue weighted by atomic mass is 79.9. The summed E-state index contributed by atoms with van der Waals surface area (Å²) in [6.45, 7) is 5.07. The average Bonchev–Trinajstić information content (AvgIpc) is 2.45. The molecular weight excluding hydrogens is 401 g/mol. The first-order valence-electron chi connectivity index (χ1n) is 6.67. The number of hydrogen-bond acceptors (Lipinski definition) is 2. The lowest BCUT2D eigenvalue weighted by atomic mass is 10.1. The first-order valence-corrected chi connectivity index (χ1v) is 8.25. The van der Waals surface area contributed by atoms with Crippen molar-refractivity contribution in [2.75, 3.05) is 6.54 Å². The molecule has 112 valence electrons. The third-order valence-corrected chi connectivity index (χ3v) is 4.19. The summed E-state index contributed by atoms with van der Waals surface area (Å²) in [6, 6.07) is 10.7. The summed E-state index contributed by atoms with van der Waals surface area (Å²) in [7, 11) is 0. The van der Waals surface area contributed by atoms with Crippen LogP contribution in [-0.2, 0) is 0 Å². The van der Waals surface area contributed by atoms with Gasteiger partial charge in [-0.15, -0.1) is 0 Å². The van der Waals surface area contributed by atoms with Gasteiger partial charge in [0.05, 0.1) is 4.47 Å². The van der Waals surface area contributed by atoms with Gasteiger partial charge in [-0.1, -0.05) is 28.9 Å². The van der Waals surface area contributed by atoms with E-state index < -0.39 is 5.82 Å². The van der Waals surface area contributed by atoms with Crippen LogP contribution in [0.3, 0.4) is 0 Å². The Bertz CT molecular complexity index is 634. The molecule has 21 heavy (non-hydrogen) atoms. The topological polar surface area (TPSA) is 21.3 Å². The Balaban J connectivity index is 2.23. The molecule has 0 aliphatic heterocycles. The van der Waals surface area contributed by atoms with Crippen molar-refractivity contribution in [1.29, 1.82) is 0 Å². The van der Waals surface area contributed by atoms with E-state index in [2.05, 4.69) is 51.0 Å². The lowest BCUT2D eigenvalue weighted by Gasteiger charge is -2.15. The summed E-state index contributed by atoms with van der Waals surface area (Å²) < 4.78 is 20.9. The lowest BCUT2D eigenvalue weighted by Crippen LogP contribution is -2.17. The van der Waals surface area contributed by atoms with E-state index in [1.807, 2.05) is 18.2 Å². The Morgan fingerprint density at radius 2 is 1.90 bits per heavy atom. The second kappa shape index (κ2) is 7.38. The van der Waals surface area contributed by atoms with E-state index in [1.54, 1.807) is 12.1 Å². The lowest BCUT2D eigenvalue weighted by molar-refractivity contribution is 0.439. The molecule has 2 aromatic carbocycles. The summed E-state index contributed by atoms with van der Waals surface area (Å²) >= 11 is 6.79. The summed E-state index contributed by atoms with van der Waals surface area (Å²) in [4.78, 5) is 0. The van der Waals surface area contributed by atoms with Gasteiger partial charge in [-0.25, -0.2) is 4.39 Å². The van der Waals surface area contributed by atoms with Crippen molar-refractivity contribution in [3.05, 3.63) is 56.7 Å². The second-order valence-electron chi connectivity index (χ2n) is 4.65. The van der Waals surface area contributed by atoms with Crippen molar-refractivity contribution in [2.24, 2.45) is 0 Å². The molecule has 0 saturated heterocycles. The molecule has 2 nitrogen and oxygen atoms in total. The largest absolute Gasteiger partial charge is 0.453 e. The van der Waals surface area contributed by atoms with Gasteiger partial charge in [-0.2, -0.15) is 0 Å². The molecule has 0 bridgehead atoms. The molecule has 0 radical (unpaired) electrons. The van der Waals surface area contributed by atoms with Crippen molar-refractivity contribution < 1.29 is 9.13 Å². The van der Waals surface area contributed by atoms with E-state index in [1.165, 1.54) is 6.07 Å². The number of halogens is 3. The van der Waals surface area contributed by atoms with Gasteiger partial charge in [0, 0.05) is 10.5 Å². The number of benzene rings is 2. The molecule has 1 atom stereocenters. The Hall–Kier alpha value is -0.910. The maximum atomic E-state index is 13.7. The van der Waals surface area contributed by atoms with Gasteiger partial charge < -0.3 is 10.1 Å². The van der Waals surface area contributed by atoms with E-state index in [4.69, 9.17) is 4.74 Å². The van der Waals surface area contributed by atoms with Crippen LogP contribution in [0.15, 0.2) is 45.3 Å². The van der Waals surface area contributed by atoms with Crippen LogP contribution in [0.2, 0.25) is 0 Å². The Labute approximate surface area is 141 Å². The van der Waals surface area contributed by atoms with Crippen molar-refractivity contribution in [1.82, 2.24) is 5.32 Å². The zero-order valence-electron chi connectivity index (χ0n) is 11.8. The minimum absolute atomic E-state index is 0.192. The molecule has 0 fully saturated rings. The van der Waals surface area contributed by atoms with E-state index in [-0.39, 0.29) is 11.8 Å². The predicted molar refractivity (Wildman–Crippen MR) is 90.4 cm³/mol. The number of nitrogens with one attached hydrogen (secondary N) is 1. The van der Waals surface area contributed by atoms with Crippen LogP contribution in [0.4, 0.5) is 4.39 Å². The minimum Gasteiger partial charge on any atom is -0.453 e. The third-order valence-electron chi connectivity index (χ3n) is 3.08. The molecule has 1 unspecified atom stereocenters. The molecule has 0 saturated carbocycles. The summed E-state index contributed by atoms with van der Waals surface area (Å²) in [5.41, 5.74) is 1.14. The second-order valence-corrected chi connectivity index (χ2v) is 6.42. The maximum absolute atomic E-state index is 13.7. The fraction of sp³-hybridized carbons (Fsp3) is 0.250. The van der Waals surface area contributed by atoms with Gasteiger partial charge >= 0.3 is 0 Å². The summed E-state index contributed by atoms with van der Waals surface area (Å²) in [6.07, 6.45) is 0. The molecule has 0 aliphatic carbocycles. The Morgan fingerprint density at radius 3 is 2.57 bits per heavy atom. The van der Waals surface area contributed by atoms with Crippen LogP contribution in [-0.4, -0.2) is 6.54 Å². The Kier molecular flexibility index (Phi) is 5.79. The first kappa shape index (κ1) is 16.5. The first-order chi connectivity index (χ1) is 10.0.